The molecule has 1 amide bonds. The molecular weight excluding hydrogens is 464 g/mol. The summed E-state index contributed by atoms with van der Waals surface area (Å²) in [5.74, 6) is 0.806. The van der Waals surface area contributed by atoms with Gasteiger partial charge in [-0.1, -0.05) is 12.1 Å². The van der Waals surface area contributed by atoms with Crippen molar-refractivity contribution in [1.82, 2.24) is 13.9 Å². The van der Waals surface area contributed by atoms with E-state index in [-0.39, 0.29) is 23.0 Å². The molecule has 2 aromatic carbocycles. The number of nitrogens with zero attached hydrogens (tertiary/aromatic N) is 3. The fraction of sp³-hybridized carbons (Fsp3) is 0.385. The SMILES string of the molecule is C[C@@H]1CN(S(=O)(=O)c2ccc(C(=O)Nc3cccc(-c4cn5c(n4)CCCC5)c3)cc2)C[C@H](C)O1. The maximum Gasteiger partial charge on any atom is 0.255 e. The van der Waals surface area contributed by atoms with Crippen LogP contribution in [0.15, 0.2) is 59.6 Å². The van der Waals surface area contributed by atoms with E-state index in [0.717, 1.165) is 36.5 Å². The molecular formula is C26H30N4O4S. The van der Waals surface area contributed by atoms with Crippen molar-refractivity contribution in [3.05, 3.63) is 66.1 Å². The first-order chi connectivity index (χ1) is 16.8. The maximum atomic E-state index is 13.1. The lowest BCUT2D eigenvalue weighted by molar-refractivity contribution is -0.0440. The number of hydrogen-bond acceptors (Lipinski definition) is 5. The minimum atomic E-state index is -3.65. The fourth-order valence-corrected chi connectivity index (χ4v) is 6.36. The predicted octanol–water partition coefficient (Wildman–Crippen LogP) is 3.94. The van der Waals surface area contributed by atoms with E-state index in [9.17, 15) is 13.2 Å². The van der Waals surface area contributed by atoms with Crippen molar-refractivity contribution in [2.75, 3.05) is 18.4 Å². The molecule has 8 nitrogen and oxygen atoms in total. The van der Waals surface area contributed by atoms with E-state index in [1.54, 1.807) is 12.1 Å². The van der Waals surface area contributed by atoms with Gasteiger partial charge in [0.15, 0.2) is 0 Å². The molecule has 0 unspecified atom stereocenters. The van der Waals surface area contributed by atoms with E-state index in [0.29, 0.717) is 24.3 Å². The van der Waals surface area contributed by atoms with Crippen LogP contribution in [0.3, 0.4) is 0 Å². The Balaban J connectivity index is 1.29. The van der Waals surface area contributed by atoms with E-state index >= 15 is 0 Å². The third-order valence-corrected chi connectivity index (χ3v) is 8.31. The summed E-state index contributed by atoms with van der Waals surface area (Å²) < 4.78 is 35.4. The second-order valence-electron chi connectivity index (χ2n) is 9.33. The Morgan fingerprint density at radius 2 is 1.80 bits per heavy atom. The number of carbonyl (C=O) groups excluding carboxylic acids is 1. The Hall–Kier alpha value is -3.01. The number of carbonyl (C=O) groups is 1. The molecule has 0 saturated carbocycles. The summed E-state index contributed by atoms with van der Waals surface area (Å²) >= 11 is 0. The number of benzene rings is 2. The smallest absolute Gasteiger partial charge is 0.255 e. The molecule has 3 heterocycles. The Bertz CT molecular complexity index is 1300. The van der Waals surface area contributed by atoms with Gasteiger partial charge in [-0.3, -0.25) is 4.79 Å². The van der Waals surface area contributed by atoms with E-state index < -0.39 is 10.0 Å². The Labute approximate surface area is 206 Å². The standard InChI is InChI=1S/C26H30N4O4S/c1-18-15-30(16-19(2)34-18)35(32,33)23-11-9-20(10-12-23)26(31)27-22-7-5-6-21(14-22)24-17-29-13-4-3-8-25(29)28-24/h5-7,9-12,14,17-19H,3-4,8,13,15-16H2,1-2H3,(H,27,31)/t18-,19+. The van der Waals surface area contributed by atoms with Gasteiger partial charge in [0.25, 0.3) is 5.91 Å². The molecule has 0 spiro atoms. The van der Waals surface area contributed by atoms with Crippen molar-refractivity contribution in [3.8, 4) is 11.3 Å². The summed E-state index contributed by atoms with van der Waals surface area (Å²) in [5, 5.41) is 2.91. The van der Waals surface area contributed by atoms with Crippen LogP contribution in [0, 0.1) is 0 Å². The average molecular weight is 495 g/mol. The summed E-state index contributed by atoms with van der Waals surface area (Å²) in [7, 11) is -3.65. The number of fused-ring (bicyclic) bond motifs is 1. The minimum Gasteiger partial charge on any atom is -0.373 e. The quantitative estimate of drug-likeness (QED) is 0.580. The molecule has 0 aliphatic carbocycles. The molecule has 9 heteroatoms. The van der Waals surface area contributed by atoms with Crippen molar-refractivity contribution < 1.29 is 17.9 Å². The van der Waals surface area contributed by atoms with E-state index in [1.807, 2.05) is 38.1 Å². The van der Waals surface area contributed by atoms with Gasteiger partial charge in [0.2, 0.25) is 10.0 Å². The van der Waals surface area contributed by atoms with Gasteiger partial charge in [-0.2, -0.15) is 4.31 Å². The highest BCUT2D eigenvalue weighted by atomic mass is 32.2. The molecule has 1 N–H and O–H groups in total. The number of hydrogen-bond donors (Lipinski definition) is 1. The molecule has 0 radical (unpaired) electrons. The Kier molecular flexibility index (Phi) is 6.48. The van der Waals surface area contributed by atoms with Gasteiger partial charge >= 0.3 is 0 Å². The summed E-state index contributed by atoms with van der Waals surface area (Å²) in [6, 6.07) is 13.7. The summed E-state index contributed by atoms with van der Waals surface area (Å²) in [5.41, 5.74) is 2.89. The second kappa shape index (κ2) is 9.56. The molecule has 3 aromatic rings. The van der Waals surface area contributed by atoms with E-state index in [4.69, 9.17) is 9.72 Å². The average Bonchev–Trinajstić information content (AvgIpc) is 3.28. The second-order valence-corrected chi connectivity index (χ2v) is 11.3. The lowest BCUT2D eigenvalue weighted by atomic mass is 10.1. The normalized spacial score (nSPS) is 20.9. The van der Waals surface area contributed by atoms with Crippen LogP contribution in [0.25, 0.3) is 11.3 Å². The molecule has 184 valence electrons. The minimum absolute atomic E-state index is 0.165. The zero-order valence-corrected chi connectivity index (χ0v) is 20.8. The van der Waals surface area contributed by atoms with Crippen molar-refractivity contribution in [2.24, 2.45) is 0 Å². The Morgan fingerprint density at radius 3 is 2.51 bits per heavy atom. The van der Waals surface area contributed by atoms with Crippen LogP contribution in [-0.4, -0.2) is 53.5 Å². The van der Waals surface area contributed by atoms with Gasteiger partial charge in [0.1, 0.15) is 5.82 Å². The number of morpholine rings is 1. The maximum absolute atomic E-state index is 13.1. The highest BCUT2D eigenvalue weighted by molar-refractivity contribution is 7.89. The molecule has 2 aliphatic rings. The number of aromatic nitrogens is 2. The van der Waals surface area contributed by atoms with Gasteiger partial charge in [0, 0.05) is 49.1 Å². The zero-order valence-electron chi connectivity index (χ0n) is 20.0. The fourth-order valence-electron chi connectivity index (χ4n) is 4.77. The van der Waals surface area contributed by atoms with Gasteiger partial charge < -0.3 is 14.6 Å². The molecule has 1 aromatic heterocycles. The van der Waals surface area contributed by atoms with Gasteiger partial charge in [-0.05, 0) is 63.1 Å². The largest absolute Gasteiger partial charge is 0.373 e. The topological polar surface area (TPSA) is 93.5 Å². The molecule has 2 atom stereocenters. The molecule has 0 bridgehead atoms. The van der Waals surface area contributed by atoms with Gasteiger partial charge in [-0.25, -0.2) is 13.4 Å². The van der Waals surface area contributed by atoms with Crippen molar-refractivity contribution in [2.45, 2.75) is 56.8 Å². The lowest BCUT2D eigenvalue weighted by Crippen LogP contribution is -2.48. The number of aryl methyl sites for hydroxylation is 2. The van der Waals surface area contributed by atoms with Gasteiger partial charge in [-0.15, -0.1) is 0 Å². The number of ether oxygens (including phenoxy) is 1. The molecule has 2 aliphatic heterocycles. The van der Waals surface area contributed by atoms with Crippen LogP contribution in [0.5, 0.6) is 0 Å². The number of nitrogens with one attached hydrogen (secondary N) is 1. The number of anilines is 1. The number of rotatable bonds is 5. The molecule has 1 fully saturated rings. The molecule has 1 saturated heterocycles. The lowest BCUT2D eigenvalue weighted by Gasteiger charge is -2.34. The highest BCUT2D eigenvalue weighted by Crippen LogP contribution is 2.26. The number of imidazole rings is 1. The highest BCUT2D eigenvalue weighted by Gasteiger charge is 2.32. The van der Waals surface area contributed by atoms with Crippen LogP contribution in [0.1, 0.15) is 42.9 Å². The number of sulfonamides is 1. The molecule has 35 heavy (non-hydrogen) atoms. The van der Waals surface area contributed by atoms with Crippen LogP contribution in [0.2, 0.25) is 0 Å². The summed E-state index contributed by atoms with van der Waals surface area (Å²) in [6.45, 7) is 5.34. The predicted molar refractivity (Wildman–Crippen MR) is 134 cm³/mol. The monoisotopic (exact) mass is 494 g/mol. The first kappa shape index (κ1) is 23.7. The van der Waals surface area contributed by atoms with E-state index in [1.165, 1.54) is 22.9 Å². The third kappa shape index (κ3) is 5.03. The van der Waals surface area contributed by atoms with Gasteiger partial charge in [0.05, 0.1) is 22.8 Å². The molecule has 5 rings (SSSR count). The first-order valence-corrected chi connectivity index (χ1v) is 13.5. The Morgan fingerprint density at radius 1 is 1.06 bits per heavy atom. The van der Waals surface area contributed by atoms with Crippen LogP contribution < -0.4 is 5.32 Å². The van der Waals surface area contributed by atoms with Crippen LogP contribution in [0.4, 0.5) is 5.69 Å². The van der Waals surface area contributed by atoms with Crippen molar-refractivity contribution >= 4 is 21.6 Å². The third-order valence-electron chi connectivity index (χ3n) is 6.47. The van der Waals surface area contributed by atoms with Crippen LogP contribution >= 0.6 is 0 Å². The first-order valence-electron chi connectivity index (χ1n) is 12.0. The summed E-state index contributed by atoms with van der Waals surface area (Å²) in [6.07, 6.45) is 5.07. The number of amides is 1. The zero-order chi connectivity index (χ0) is 24.6. The summed E-state index contributed by atoms with van der Waals surface area (Å²) in [4.78, 5) is 17.8. The van der Waals surface area contributed by atoms with E-state index in [2.05, 4.69) is 16.1 Å². The van der Waals surface area contributed by atoms with Crippen molar-refractivity contribution in [1.29, 1.82) is 0 Å². The van der Waals surface area contributed by atoms with Crippen molar-refractivity contribution in [3.63, 3.8) is 0 Å². The van der Waals surface area contributed by atoms with Crippen LogP contribution in [-0.2, 0) is 27.7 Å².